The molecule has 79 heavy (non-hydrogen) atoms. The molecule has 1 unspecified atom stereocenters. The minimum Gasteiger partial charge on any atom is -0.462 e. The summed E-state index contributed by atoms with van der Waals surface area (Å²) in [4.78, 5) is 38.4. The van der Waals surface area contributed by atoms with Crippen LogP contribution in [-0.4, -0.2) is 37.2 Å². The third kappa shape index (κ3) is 64.0. The molecule has 446 valence electrons. The number of hydrogen-bond acceptors (Lipinski definition) is 6. The lowest BCUT2D eigenvalue weighted by molar-refractivity contribution is -0.167. The van der Waals surface area contributed by atoms with E-state index >= 15 is 0 Å². The summed E-state index contributed by atoms with van der Waals surface area (Å²) in [6.45, 7) is 6.36. The van der Waals surface area contributed by atoms with E-state index in [2.05, 4.69) is 167 Å². The van der Waals surface area contributed by atoms with E-state index in [1.54, 1.807) is 0 Å². The third-order valence-corrected chi connectivity index (χ3v) is 13.3. The lowest BCUT2D eigenvalue weighted by atomic mass is 10.1. The Morgan fingerprint density at radius 3 is 0.772 bits per heavy atom. The summed E-state index contributed by atoms with van der Waals surface area (Å²) in [6, 6.07) is 0. The van der Waals surface area contributed by atoms with Crippen molar-refractivity contribution in [1.29, 1.82) is 0 Å². The van der Waals surface area contributed by atoms with Crippen LogP contribution in [0.25, 0.3) is 0 Å². The first-order valence-corrected chi connectivity index (χ1v) is 32.3. The van der Waals surface area contributed by atoms with Gasteiger partial charge in [-0.3, -0.25) is 14.4 Å². The van der Waals surface area contributed by atoms with E-state index < -0.39 is 6.10 Å². The number of unbranched alkanes of at least 4 members (excludes halogenated alkanes) is 22. The van der Waals surface area contributed by atoms with E-state index in [0.29, 0.717) is 19.3 Å². The summed E-state index contributed by atoms with van der Waals surface area (Å²) in [5, 5.41) is 0. The highest BCUT2D eigenvalue weighted by Gasteiger charge is 2.19. The van der Waals surface area contributed by atoms with Crippen LogP contribution in [0, 0.1) is 0 Å². The van der Waals surface area contributed by atoms with Crippen molar-refractivity contribution in [3.63, 3.8) is 0 Å². The first kappa shape index (κ1) is 74.3. The zero-order chi connectivity index (χ0) is 57.1. The van der Waals surface area contributed by atoms with Gasteiger partial charge in [-0.05, 0) is 141 Å². The van der Waals surface area contributed by atoms with Gasteiger partial charge < -0.3 is 14.2 Å². The molecule has 6 heteroatoms. The quantitative estimate of drug-likeness (QED) is 0.0261. The highest BCUT2D eigenvalue weighted by molar-refractivity contribution is 5.71. The van der Waals surface area contributed by atoms with Gasteiger partial charge >= 0.3 is 17.9 Å². The Morgan fingerprint density at radius 1 is 0.266 bits per heavy atom. The van der Waals surface area contributed by atoms with Crippen molar-refractivity contribution in [3.8, 4) is 0 Å². The number of rotatable bonds is 57. The molecule has 6 nitrogen and oxygen atoms in total. The molecule has 0 aliphatic carbocycles. The molecule has 0 aromatic rings. The molecule has 0 aliphatic rings. The van der Waals surface area contributed by atoms with E-state index in [9.17, 15) is 14.4 Å². The summed E-state index contributed by atoms with van der Waals surface area (Å²) in [5.41, 5.74) is 0. The Hall–Kier alpha value is -4.71. The standard InChI is InChI=1S/C73H118O6/c1-4-7-10-13-16-19-22-25-28-31-33-35-36-38-39-42-45-48-51-54-57-60-63-66-72(75)78-69-70(68-77-71(74)65-62-59-56-53-50-47-44-41-30-27-24-21-18-15-12-9-6-3)79-73(76)67-64-61-58-55-52-49-46-43-40-37-34-32-29-26-23-20-17-14-11-8-5-2/h8-9,11-12,17-18,20-22,25-27,29-31,33-34,36-38,43-44,46-47,70H,4-7,10,13-16,19,23-24,28,32,35,39-42,45,48-69H2,1-3H3/b11-8-,12-9-,20-17-,21-18-,25-22-,29-26-,30-27-,33-31-,37-34-,38-36-,46-43-,47-44-. The fourth-order valence-electron chi connectivity index (χ4n) is 8.53. The lowest BCUT2D eigenvalue weighted by Gasteiger charge is -2.18. The number of carbonyl (C=O) groups excluding carboxylic acids is 3. The summed E-state index contributed by atoms with van der Waals surface area (Å²) in [5.74, 6) is -0.953. The van der Waals surface area contributed by atoms with Crippen molar-refractivity contribution < 1.29 is 28.6 Å². The van der Waals surface area contributed by atoms with Crippen LogP contribution in [-0.2, 0) is 28.6 Å². The van der Waals surface area contributed by atoms with Gasteiger partial charge in [0.2, 0.25) is 0 Å². The zero-order valence-corrected chi connectivity index (χ0v) is 51.1. The SMILES string of the molecule is CC/C=C\C/C=C\C/C=C\C/C=C\C/C=C\CCCCCCCC(=O)OC(COC(=O)CCCCCC/C=C\C/C=C\C/C=C\C/C=C\CC)COC(=O)CCCCCCCCCC/C=C\C/C=C\C/C=C\CCCCCCC. The van der Waals surface area contributed by atoms with Crippen molar-refractivity contribution in [2.45, 2.75) is 284 Å². The van der Waals surface area contributed by atoms with Gasteiger partial charge in [-0.1, -0.05) is 263 Å². The Kier molecular flexibility index (Phi) is 61.9. The van der Waals surface area contributed by atoms with Crippen LogP contribution in [0.1, 0.15) is 278 Å². The highest BCUT2D eigenvalue weighted by Crippen LogP contribution is 2.14. The Morgan fingerprint density at radius 2 is 0.494 bits per heavy atom. The minimum atomic E-state index is -0.811. The van der Waals surface area contributed by atoms with Gasteiger partial charge in [0, 0.05) is 19.3 Å². The molecule has 0 radical (unpaired) electrons. The average molecular weight is 1090 g/mol. The second-order valence-electron chi connectivity index (χ2n) is 20.9. The van der Waals surface area contributed by atoms with Crippen LogP contribution >= 0.6 is 0 Å². The molecule has 0 aromatic heterocycles. The Bertz CT molecular complexity index is 1730. The molecule has 0 saturated heterocycles. The Labute approximate surface area is 487 Å². The largest absolute Gasteiger partial charge is 0.462 e. The van der Waals surface area contributed by atoms with Gasteiger partial charge in [-0.15, -0.1) is 0 Å². The molecule has 0 bridgehead atoms. The summed E-state index contributed by atoms with van der Waals surface area (Å²) in [6.07, 6.45) is 94.1. The van der Waals surface area contributed by atoms with Crippen molar-refractivity contribution in [2.24, 2.45) is 0 Å². The number of carbonyl (C=O) groups is 3. The monoisotopic (exact) mass is 1090 g/mol. The maximum Gasteiger partial charge on any atom is 0.306 e. The fraction of sp³-hybridized carbons (Fsp3) is 0.630. The highest BCUT2D eigenvalue weighted by atomic mass is 16.6. The summed E-state index contributed by atoms with van der Waals surface area (Å²) in [7, 11) is 0. The predicted molar refractivity (Wildman–Crippen MR) is 343 cm³/mol. The minimum absolute atomic E-state index is 0.103. The second-order valence-corrected chi connectivity index (χ2v) is 20.9. The molecule has 0 spiro atoms. The number of ether oxygens (including phenoxy) is 3. The molecule has 0 fully saturated rings. The van der Waals surface area contributed by atoms with Crippen LogP contribution in [0.15, 0.2) is 146 Å². The number of allylic oxidation sites excluding steroid dienone is 24. The maximum atomic E-state index is 12.9. The van der Waals surface area contributed by atoms with Crippen LogP contribution in [0.2, 0.25) is 0 Å². The molecule has 0 saturated carbocycles. The maximum absolute atomic E-state index is 12.9. The van der Waals surface area contributed by atoms with Gasteiger partial charge in [-0.2, -0.15) is 0 Å². The molecule has 0 amide bonds. The first-order chi connectivity index (χ1) is 39.0. The van der Waals surface area contributed by atoms with Crippen molar-refractivity contribution in [3.05, 3.63) is 146 Å². The molecular formula is C73H118O6. The fourth-order valence-corrected chi connectivity index (χ4v) is 8.53. The van der Waals surface area contributed by atoms with E-state index in [1.165, 1.54) is 70.6 Å². The topological polar surface area (TPSA) is 78.9 Å². The van der Waals surface area contributed by atoms with Crippen LogP contribution in [0.3, 0.4) is 0 Å². The molecular weight excluding hydrogens is 973 g/mol. The predicted octanol–water partition coefficient (Wildman–Crippen LogP) is 22.3. The van der Waals surface area contributed by atoms with Gasteiger partial charge in [0.05, 0.1) is 0 Å². The van der Waals surface area contributed by atoms with Crippen molar-refractivity contribution in [1.82, 2.24) is 0 Å². The van der Waals surface area contributed by atoms with E-state index in [0.717, 1.165) is 167 Å². The van der Waals surface area contributed by atoms with E-state index in [4.69, 9.17) is 14.2 Å². The summed E-state index contributed by atoms with van der Waals surface area (Å²) >= 11 is 0. The smallest absolute Gasteiger partial charge is 0.306 e. The Balaban J connectivity index is 4.49. The van der Waals surface area contributed by atoms with E-state index in [1.807, 2.05) is 0 Å². The van der Waals surface area contributed by atoms with Gasteiger partial charge in [0.15, 0.2) is 6.10 Å². The number of hydrogen-bond donors (Lipinski definition) is 0. The average Bonchev–Trinajstić information content (AvgIpc) is 3.45. The van der Waals surface area contributed by atoms with Gasteiger partial charge in [0.1, 0.15) is 13.2 Å². The molecule has 0 heterocycles. The summed E-state index contributed by atoms with van der Waals surface area (Å²) < 4.78 is 16.9. The molecule has 0 aromatic carbocycles. The third-order valence-electron chi connectivity index (χ3n) is 13.3. The van der Waals surface area contributed by atoms with Crippen molar-refractivity contribution >= 4 is 17.9 Å². The second kappa shape index (κ2) is 65.8. The van der Waals surface area contributed by atoms with Crippen LogP contribution in [0.5, 0.6) is 0 Å². The molecule has 0 rings (SSSR count). The molecule has 0 aliphatic heterocycles. The van der Waals surface area contributed by atoms with Crippen molar-refractivity contribution in [2.75, 3.05) is 13.2 Å². The normalized spacial score (nSPS) is 13.1. The van der Waals surface area contributed by atoms with Crippen LogP contribution in [0.4, 0.5) is 0 Å². The molecule has 0 N–H and O–H groups in total. The van der Waals surface area contributed by atoms with Crippen LogP contribution < -0.4 is 0 Å². The van der Waals surface area contributed by atoms with Gasteiger partial charge in [-0.25, -0.2) is 0 Å². The van der Waals surface area contributed by atoms with Gasteiger partial charge in [0.25, 0.3) is 0 Å². The van der Waals surface area contributed by atoms with E-state index in [-0.39, 0.29) is 31.1 Å². The zero-order valence-electron chi connectivity index (χ0n) is 51.1. The first-order valence-electron chi connectivity index (χ1n) is 32.3. The number of esters is 3. The lowest BCUT2D eigenvalue weighted by Crippen LogP contribution is -2.30. The molecule has 1 atom stereocenters.